The smallest absolute Gasteiger partial charge is 0.0662 e. The van der Waals surface area contributed by atoms with Crippen LogP contribution in [0.25, 0.3) is 0 Å². The van der Waals surface area contributed by atoms with Gasteiger partial charge in [-0.05, 0) is 25.9 Å². The van der Waals surface area contributed by atoms with Crippen LogP contribution >= 0.6 is 0 Å². The number of aliphatic hydroxyl groups is 2. The Labute approximate surface area is 108 Å². The van der Waals surface area contributed by atoms with E-state index in [-0.39, 0.29) is 13.2 Å². The van der Waals surface area contributed by atoms with Gasteiger partial charge in [0.1, 0.15) is 0 Å². The zero-order valence-corrected chi connectivity index (χ0v) is 11.9. The van der Waals surface area contributed by atoms with Gasteiger partial charge in [-0.15, -0.1) is 0 Å². The zero-order chi connectivity index (χ0) is 13.2. The molecule has 0 amide bonds. The van der Waals surface area contributed by atoms with Crippen molar-refractivity contribution in [2.45, 2.75) is 65.2 Å². The zero-order valence-electron chi connectivity index (χ0n) is 11.9. The molecule has 3 N–H and O–H groups in total. The van der Waals surface area contributed by atoms with Crippen molar-refractivity contribution in [1.82, 2.24) is 5.32 Å². The number of nitrogens with one attached hydrogen (secondary N) is 1. The van der Waals surface area contributed by atoms with E-state index >= 15 is 0 Å². The van der Waals surface area contributed by atoms with Crippen molar-refractivity contribution >= 4 is 0 Å². The van der Waals surface area contributed by atoms with Crippen LogP contribution < -0.4 is 5.32 Å². The van der Waals surface area contributed by atoms with Crippen LogP contribution in [0, 0.1) is 0 Å². The Hall–Kier alpha value is -0.120. The maximum Gasteiger partial charge on any atom is 0.0662 e. The van der Waals surface area contributed by atoms with Gasteiger partial charge in [0.05, 0.1) is 13.2 Å². The lowest BCUT2D eigenvalue weighted by Crippen LogP contribution is -2.16. The molecule has 0 aliphatic rings. The molecule has 0 radical (unpaired) electrons. The highest BCUT2D eigenvalue weighted by Gasteiger charge is 1.89. The first-order chi connectivity index (χ1) is 8.33. The minimum absolute atomic E-state index is 0.125. The molecular weight excluding hydrogens is 214 g/mol. The lowest BCUT2D eigenvalue weighted by molar-refractivity contribution is 0.186. The molecule has 0 aliphatic heterocycles. The quantitative estimate of drug-likeness (QED) is 0.492. The number of hydrogen-bond acceptors (Lipinski definition) is 3. The SMILES string of the molecule is CCCCCCNCCCCCC.OCCO. The molecule has 0 atom stereocenters. The summed E-state index contributed by atoms with van der Waals surface area (Å²) in [5, 5.41) is 18.8. The minimum atomic E-state index is -0.125. The van der Waals surface area contributed by atoms with E-state index in [0.717, 1.165) is 0 Å². The predicted molar refractivity (Wildman–Crippen MR) is 75.3 cm³/mol. The van der Waals surface area contributed by atoms with Crippen molar-refractivity contribution < 1.29 is 10.2 Å². The average Bonchev–Trinajstić information content (AvgIpc) is 2.37. The van der Waals surface area contributed by atoms with Crippen LogP contribution in [0.5, 0.6) is 0 Å². The number of rotatable bonds is 11. The monoisotopic (exact) mass is 247 g/mol. The van der Waals surface area contributed by atoms with E-state index in [1.54, 1.807) is 0 Å². The highest BCUT2D eigenvalue weighted by molar-refractivity contribution is 4.49. The van der Waals surface area contributed by atoms with Gasteiger partial charge in [-0.25, -0.2) is 0 Å². The summed E-state index contributed by atoms with van der Waals surface area (Å²) < 4.78 is 0. The Morgan fingerprint density at radius 3 is 1.35 bits per heavy atom. The van der Waals surface area contributed by atoms with Crippen LogP contribution in [0.15, 0.2) is 0 Å². The van der Waals surface area contributed by atoms with Crippen LogP contribution in [0.4, 0.5) is 0 Å². The van der Waals surface area contributed by atoms with Gasteiger partial charge in [-0.3, -0.25) is 0 Å². The van der Waals surface area contributed by atoms with E-state index in [1.165, 1.54) is 64.5 Å². The fraction of sp³-hybridized carbons (Fsp3) is 1.00. The van der Waals surface area contributed by atoms with Gasteiger partial charge in [0.15, 0.2) is 0 Å². The first-order valence-electron chi connectivity index (χ1n) is 7.25. The lowest BCUT2D eigenvalue weighted by atomic mass is 10.2. The van der Waals surface area contributed by atoms with Crippen LogP contribution in [0.1, 0.15) is 65.2 Å². The van der Waals surface area contributed by atoms with Crippen molar-refractivity contribution in [2.75, 3.05) is 26.3 Å². The second kappa shape index (κ2) is 21.2. The second-order valence-electron chi connectivity index (χ2n) is 4.32. The fourth-order valence-electron chi connectivity index (χ4n) is 1.48. The summed E-state index contributed by atoms with van der Waals surface area (Å²) in [5.74, 6) is 0. The van der Waals surface area contributed by atoms with Gasteiger partial charge in [-0.1, -0.05) is 52.4 Å². The van der Waals surface area contributed by atoms with E-state index in [9.17, 15) is 0 Å². The van der Waals surface area contributed by atoms with Crippen LogP contribution in [0.3, 0.4) is 0 Å². The normalized spacial score (nSPS) is 9.88. The molecule has 0 unspecified atom stereocenters. The van der Waals surface area contributed by atoms with Gasteiger partial charge in [0, 0.05) is 0 Å². The minimum Gasteiger partial charge on any atom is -0.394 e. The summed E-state index contributed by atoms with van der Waals surface area (Å²) in [5.41, 5.74) is 0. The first-order valence-corrected chi connectivity index (χ1v) is 7.25. The highest BCUT2D eigenvalue weighted by atomic mass is 16.3. The molecule has 0 aliphatic carbocycles. The Balaban J connectivity index is 0. The molecule has 3 nitrogen and oxygen atoms in total. The summed E-state index contributed by atoms with van der Waals surface area (Å²) in [6, 6.07) is 0. The molecule has 0 heterocycles. The molecule has 106 valence electrons. The van der Waals surface area contributed by atoms with Crippen molar-refractivity contribution in [3.8, 4) is 0 Å². The molecule has 0 saturated carbocycles. The molecule has 0 bridgehead atoms. The summed E-state index contributed by atoms with van der Waals surface area (Å²) in [6.45, 7) is 6.73. The fourth-order valence-corrected chi connectivity index (χ4v) is 1.48. The standard InChI is InChI=1S/C12H27N.C2H6O2/c1-3-5-7-9-11-13-12-10-8-6-4-2;3-1-2-4/h13H,3-12H2,1-2H3;3-4H,1-2H2. The Bertz CT molecular complexity index is 98.4. The molecular formula is C14H33NO2. The largest absolute Gasteiger partial charge is 0.394 e. The van der Waals surface area contributed by atoms with Crippen LogP contribution in [0.2, 0.25) is 0 Å². The first kappa shape index (κ1) is 19.2. The molecule has 17 heavy (non-hydrogen) atoms. The number of aliphatic hydroxyl groups excluding tert-OH is 2. The Kier molecular flexibility index (Phi) is 24.0. The third-order valence-electron chi connectivity index (χ3n) is 2.51. The topological polar surface area (TPSA) is 52.5 Å². The maximum atomic E-state index is 7.62. The van der Waals surface area contributed by atoms with E-state index in [2.05, 4.69) is 19.2 Å². The third kappa shape index (κ3) is 25.8. The van der Waals surface area contributed by atoms with Crippen molar-refractivity contribution in [1.29, 1.82) is 0 Å². The van der Waals surface area contributed by atoms with Gasteiger partial charge in [0.2, 0.25) is 0 Å². The second-order valence-corrected chi connectivity index (χ2v) is 4.32. The maximum absolute atomic E-state index is 7.62. The number of hydrogen-bond donors (Lipinski definition) is 3. The Morgan fingerprint density at radius 2 is 1.06 bits per heavy atom. The van der Waals surface area contributed by atoms with Gasteiger partial charge < -0.3 is 15.5 Å². The molecule has 0 rings (SSSR count). The summed E-state index contributed by atoms with van der Waals surface area (Å²) in [4.78, 5) is 0. The molecule has 0 aromatic rings. The summed E-state index contributed by atoms with van der Waals surface area (Å²) in [6.07, 6.45) is 11.0. The molecule has 0 fully saturated rings. The molecule has 3 heteroatoms. The van der Waals surface area contributed by atoms with Crippen molar-refractivity contribution in [3.05, 3.63) is 0 Å². The molecule has 0 aromatic carbocycles. The van der Waals surface area contributed by atoms with Gasteiger partial charge in [0.25, 0.3) is 0 Å². The number of unbranched alkanes of at least 4 members (excludes halogenated alkanes) is 6. The van der Waals surface area contributed by atoms with Gasteiger partial charge in [-0.2, -0.15) is 0 Å². The highest BCUT2D eigenvalue weighted by Crippen LogP contribution is 1.98. The van der Waals surface area contributed by atoms with Crippen molar-refractivity contribution in [3.63, 3.8) is 0 Å². The third-order valence-corrected chi connectivity index (χ3v) is 2.51. The van der Waals surface area contributed by atoms with Gasteiger partial charge >= 0.3 is 0 Å². The molecule has 0 aromatic heterocycles. The van der Waals surface area contributed by atoms with Crippen LogP contribution in [-0.4, -0.2) is 36.5 Å². The Morgan fingerprint density at radius 1 is 0.647 bits per heavy atom. The predicted octanol–water partition coefficient (Wildman–Crippen LogP) is 2.71. The average molecular weight is 247 g/mol. The van der Waals surface area contributed by atoms with Crippen molar-refractivity contribution in [2.24, 2.45) is 0 Å². The van der Waals surface area contributed by atoms with E-state index in [1.807, 2.05) is 0 Å². The summed E-state index contributed by atoms with van der Waals surface area (Å²) in [7, 11) is 0. The summed E-state index contributed by atoms with van der Waals surface area (Å²) >= 11 is 0. The molecule has 0 saturated heterocycles. The lowest BCUT2D eigenvalue weighted by Gasteiger charge is -2.03. The molecule has 0 spiro atoms. The van der Waals surface area contributed by atoms with E-state index in [4.69, 9.17) is 10.2 Å². The van der Waals surface area contributed by atoms with E-state index in [0.29, 0.717) is 0 Å². The van der Waals surface area contributed by atoms with Crippen LogP contribution in [-0.2, 0) is 0 Å². The van der Waals surface area contributed by atoms with E-state index < -0.39 is 0 Å².